The minimum Gasteiger partial charge on any atom is -0.361 e. The molecule has 0 aliphatic carbocycles. The van der Waals surface area contributed by atoms with Gasteiger partial charge in [-0.1, -0.05) is 35.9 Å². The van der Waals surface area contributed by atoms with Gasteiger partial charge in [-0.25, -0.2) is 0 Å². The number of para-hydroxylation sites is 1. The Bertz CT molecular complexity index is 908. The molecule has 2 N–H and O–H groups in total. The summed E-state index contributed by atoms with van der Waals surface area (Å²) in [4.78, 5) is 15.4. The third-order valence-electron chi connectivity index (χ3n) is 3.69. The number of hydrogen-bond acceptors (Lipinski definition) is 1. The molecule has 0 spiro atoms. The van der Waals surface area contributed by atoms with Gasteiger partial charge < -0.3 is 10.3 Å². The van der Waals surface area contributed by atoms with E-state index in [2.05, 4.69) is 10.3 Å². The second-order valence-electron chi connectivity index (χ2n) is 4.99. The first-order valence-electron chi connectivity index (χ1n) is 6.61. The first kappa shape index (κ1) is 12.2. The molecule has 0 saturated carbocycles. The summed E-state index contributed by atoms with van der Waals surface area (Å²) in [6.45, 7) is 0. The predicted molar refractivity (Wildman–Crippen MR) is 86.3 cm³/mol. The molecule has 102 valence electrons. The maximum absolute atomic E-state index is 12.2. The highest BCUT2D eigenvalue weighted by Crippen LogP contribution is 2.35. The molecule has 3 aromatic rings. The Kier molecular flexibility index (Phi) is 2.62. The van der Waals surface area contributed by atoms with Crippen LogP contribution in [0.25, 0.3) is 22.6 Å². The van der Waals surface area contributed by atoms with Crippen LogP contribution in [0, 0.1) is 0 Å². The van der Waals surface area contributed by atoms with Gasteiger partial charge in [0.25, 0.3) is 5.91 Å². The molecule has 0 bridgehead atoms. The molecule has 4 rings (SSSR count). The molecular formula is C17H11ClN2O. The summed E-state index contributed by atoms with van der Waals surface area (Å²) < 4.78 is 0. The summed E-state index contributed by atoms with van der Waals surface area (Å²) in [6.07, 6.45) is 3.83. The Balaban J connectivity index is 1.89. The fraction of sp³-hybridized carbons (Fsp3) is 0. The van der Waals surface area contributed by atoms with Gasteiger partial charge >= 0.3 is 0 Å². The van der Waals surface area contributed by atoms with Crippen molar-refractivity contribution in [3.05, 3.63) is 64.8 Å². The summed E-state index contributed by atoms with van der Waals surface area (Å²) in [5, 5.41) is 4.56. The molecule has 1 aliphatic heterocycles. The van der Waals surface area contributed by atoms with E-state index in [1.165, 1.54) is 0 Å². The third kappa shape index (κ3) is 1.94. The van der Waals surface area contributed by atoms with Crippen molar-refractivity contribution in [2.75, 3.05) is 5.32 Å². The average molecular weight is 295 g/mol. The lowest BCUT2D eigenvalue weighted by atomic mass is 10.0. The zero-order valence-corrected chi connectivity index (χ0v) is 11.7. The van der Waals surface area contributed by atoms with E-state index in [-0.39, 0.29) is 5.91 Å². The Morgan fingerprint density at radius 1 is 1.10 bits per heavy atom. The largest absolute Gasteiger partial charge is 0.361 e. The van der Waals surface area contributed by atoms with Crippen molar-refractivity contribution in [2.24, 2.45) is 0 Å². The lowest BCUT2D eigenvalue weighted by Gasteiger charge is -1.98. The van der Waals surface area contributed by atoms with Crippen LogP contribution in [-0.4, -0.2) is 10.9 Å². The van der Waals surface area contributed by atoms with Crippen LogP contribution in [0.2, 0.25) is 5.02 Å². The van der Waals surface area contributed by atoms with E-state index in [4.69, 9.17) is 11.6 Å². The molecule has 2 aromatic carbocycles. The maximum Gasteiger partial charge on any atom is 0.256 e. The first-order valence-corrected chi connectivity index (χ1v) is 6.99. The molecular weight excluding hydrogens is 284 g/mol. The molecule has 1 aromatic heterocycles. The monoisotopic (exact) mass is 294 g/mol. The van der Waals surface area contributed by atoms with E-state index in [0.29, 0.717) is 10.6 Å². The number of aromatic nitrogens is 1. The smallest absolute Gasteiger partial charge is 0.256 e. The van der Waals surface area contributed by atoms with Gasteiger partial charge in [0.05, 0.1) is 5.69 Å². The summed E-state index contributed by atoms with van der Waals surface area (Å²) >= 11 is 5.96. The summed E-state index contributed by atoms with van der Waals surface area (Å²) in [5.74, 6) is -0.0995. The van der Waals surface area contributed by atoms with Crippen LogP contribution in [0.4, 0.5) is 5.69 Å². The number of benzene rings is 2. The number of H-pyrrole nitrogens is 1. The molecule has 0 atom stereocenters. The number of rotatable bonds is 1. The lowest BCUT2D eigenvalue weighted by Crippen LogP contribution is -2.03. The van der Waals surface area contributed by atoms with Crippen LogP contribution >= 0.6 is 11.6 Å². The maximum atomic E-state index is 12.2. The number of hydrogen-bond donors (Lipinski definition) is 2. The summed E-state index contributed by atoms with van der Waals surface area (Å²) in [7, 11) is 0. The van der Waals surface area contributed by atoms with Crippen molar-refractivity contribution < 1.29 is 4.79 Å². The number of aromatic amines is 1. The van der Waals surface area contributed by atoms with Crippen LogP contribution in [0.1, 0.15) is 11.1 Å². The van der Waals surface area contributed by atoms with Crippen molar-refractivity contribution in [3.8, 4) is 0 Å². The van der Waals surface area contributed by atoms with Gasteiger partial charge in [-0.05, 0) is 24.3 Å². The van der Waals surface area contributed by atoms with Crippen molar-refractivity contribution in [2.45, 2.75) is 0 Å². The molecule has 2 heterocycles. The Labute approximate surface area is 126 Å². The molecule has 4 heteroatoms. The quantitative estimate of drug-likeness (QED) is 0.645. The highest BCUT2D eigenvalue weighted by molar-refractivity contribution is 6.36. The number of carbonyl (C=O) groups excluding carboxylic acids is 1. The minimum absolute atomic E-state index is 0.0995. The van der Waals surface area contributed by atoms with Gasteiger partial charge in [-0.2, -0.15) is 0 Å². The zero-order valence-electron chi connectivity index (χ0n) is 11.0. The van der Waals surface area contributed by atoms with Gasteiger partial charge in [0.2, 0.25) is 0 Å². The molecule has 0 radical (unpaired) electrons. The van der Waals surface area contributed by atoms with Crippen LogP contribution < -0.4 is 5.32 Å². The molecule has 1 aliphatic rings. The Morgan fingerprint density at radius 2 is 1.95 bits per heavy atom. The zero-order chi connectivity index (χ0) is 14.4. The number of fused-ring (bicyclic) bond motifs is 2. The van der Waals surface area contributed by atoms with Gasteiger partial charge in [-0.3, -0.25) is 4.79 Å². The molecule has 1 amide bonds. The van der Waals surface area contributed by atoms with Gasteiger partial charge in [0.1, 0.15) is 0 Å². The highest BCUT2D eigenvalue weighted by atomic mass is 35.5. The Morgan fingerprint density at radius 3 is 2.86 bits per heavy atom. The summed E-state index contributed by atoms with van der Waals surface area (Å²) in [6, 6.07) is 13.5. The molecule has 0 fully saturated rings. The Hall–Kier alpha value is -2.52. The van der Waals surface area contributed by atoms with Crippen LogP contribution in [0.3, 0.4) is 0 Å². The third-order valence-corrected chi connectivity index (χ3v) is 3.92. The summed E-state index contributed by atoms with van der Waals surface area (Å²) in [5.41, 5.74) is 4.36. The number of amides is 1. The minimum atomic E-state index is -0.0995. The van der Waals surface area contributed by atoms with Crippen LogP contribution in [-0.2, 0) is 4.79 Å². The van der Waals surface area contributed by atoms with Crippen molar-refractivity contribution >= 4 is 45.7 Å². The van der Waals surface area contributed by atoms with Gasteiger partial charge in [0, 0.05) is 38.8 Å². The van der Waals surface area contributed by atoms with Crippen molar-refractivity contribution in [1.29, 1.82) is 0 Å². The van der Waals surface area contributed by atoms with Crippen LogP contribution in [0.15, 0.2) is 48.7 Å². The SMILES string of the molecule is O=C1Nc2cc(Cl)ccc2C1=Cc1c[nH]c2ccccc12. The van der Waals surface area contributed by atoms with Gasteiger partial charge in [-0.15, -0.1) is 0 Å². The fourth-order valence-electron chi connectivity index (χ4n) is 2.68. The topological polar surface area (TPSA) is 44.9 Å². The molecule has 3 nitrogen and oxygen atoms in total. The lowest BCUT2D eigenvalue weighted by molar-refractivity contribution is -0.110. The fourth-order valence-corrected chi connectivity index (χ4v) is 2.85. The number of anilines is 1. The standard InChI is InChI=1S/C17H11ClN2O/c18-11-5-6-13-14(17(21)20-16(13)8-11)7-10-9-19-15-4-2-1-3-12(10)15/h1-9,19H,(H,20,21). The predicted octanol–water partition coefficient (Wildman–Crippen LogP) is 4.31. The second kappa shape index (κ2) is 4.50. The normalized spacial score (nSPS) is 15.5. The average Bonchev–Trinajstić information content (AvgIpc) is 3.01. The van der Waals surface area contributed by atoms with E-state index in [9.17, 15) is 4.79 Å². The molecule has 0 unspecified atom stereocenters. The second-order valence-corrected chi connectivity index (χ2v) is 5.43. The number of halogens is 1. The molecule has 21 heavy (non-hydrogen) atoms. The van der Waals surface area contributed by atoms with E-state index in [0.717, 1.165) is 27.7 Å². The van der Waals surface area contributed by atoms with E-state index >= 15 is 0 Å². The first-order chi connectivity index (χ1) is 10.2. The van der Waals surface area contributed by atoms with E-state index < -0.39 is 0 Å². The highest BCUT2D eigenvalue weighted by Gasteiger charge is 2.24. The van der Waals surface area contributed by atoms with Crippen molar-refractivity contribution in [1.82, 2.24) is 4.98 Å². The number of carbonyl (C=O) groups is 1. The van der Waals surface area contributed by atoms with E-state index in [1.54, 1.807) is 12.1 Å². The van der Waals surface area contributed by atoms with Gasteiger partial charge in [0.15, 0.2) is 0 Å². The number of nitrogens with one attached hydrogen (secondary N) is 2. The van der Waals surface area contributed by atoms with Crippen LogP contribution in [0.5, 0.6) is 0 Å². The molecule has 0 saturated heterocycles. The van der Waals surface area contributed by atoms with E-state index in [1.807, 2.05) is 42.6 Å². The van der Waals surface area contributed by atoms with Crippen molar-refractivity contribution in [3.63, 3.8) is 0 Å².